The lowest BCUT2D eigenvalue weighted by Crippen LogP contribution is -2.40. The van der Waals surface area contributed by atoms with Gasteiger partial charge in [-0.25, -0.2) is 4.79 Å². The molecule has 2 aliphatic heterocycles. The Bertz CT molecular complexity index is 1240. The van der Waals surface area contributed by atoms with Gasteiger partial charge in [-0.15, -0.1) is 0 Å². The molecule has 34 heavy (non-hydrogen) atoms. The highest BCUT2D eigenvalue weighted by molar-refractivity contribution is 5.95. The highest BCUT2D eigenvalue weighted by Gasteiger charge is 2.57. The Hall–Kier alpha value is -3.67. The number of fused-ring (bicyclic) bond motifs is 2. The fourth-order valence-corrected chi connectivity index (χ4v) is 5.36. The second-order valence-corrected chi connectivity index (χ2v) is 9.47. The summed E-state index contributed by atoms with van der Waals surface area (Å²) in [5, 5.41) is 0. The first-order valence-electron chi connectivity index (χ1n) is 11.8. The van der Waals surface area contributed by atoms with Crippen LogP contribution in [0, 0.1) is 0 Å². The monoisotopic (exact) mass is 454 g/mol. The van der Waals surface area contributed by atoms with E-state index in [2.05, 4.69) is 17.1 Å². The van der Waals surface area contributed by atoms with Gasteiger partial charge in [0.1, 0.15) is 5.75 Å². The van der Waals surface area contributed by atoms with Crippen LogP contribution in [-0.2, 0) is 27.0 Å². The Balaban J connectivity index is 1.12. The van der Waals surface area contributed by atoms with E-state index in [1.807, 2.05) is 53.4 Å². The number of carbonyl (C=O) groups excluding carboxylic acids is 2. The van der Waals surface area contributed by atoms with Crippen LogP contribution in [0.4, 0.5) is 0 Å². The summed E-state index contributed by atoms with van der Waals surface area (Å²) in [7, 11) is 0. The number of hydrogen-bond donors (Lipinski definition) is 0. The van der Waals surface area contributed by atoms with Gasteiger partial charge in [0.2, 0.25) is 5.91 Å². The fraction of sp³-hybridized carbons (Fsp3) is 0.321. The van der Waals surface area contributed by atoms with Gasteiger partial charge in [-0.2, -0.15) is 0 Å². The molecular weight excluding hydrogens is 428 g/mol. The summed E-state index contributed by atoms with van der Waals surface area (Å²) >= 11 is 0. The number of rotatable bonds is 6. The van der Waals surface area contributed by atoms with Crippen LogP contribution in [0.15, 0.2) is 73.1 Å². The van der Waals surface area contributed by atoms with Gasteiger partial charge in [-0.05, 0) is 42.2 Å². The van der Waals surface area contributed by atoms with E-state index in [-0.39, 0.29) is 11.9 Å². The number of pyridine rings is 1. The van der Waals surface area contributed by atoms with Crippen LogP contribution in [0.5, 0.6) is 5.75 Å². The van der Waals surface area contributed by atoms with E-state index >= 15 is 0 Å². The van der Waals surface area contributed by atoms with Crippen molar-refractivity contribution in [1.82, 2.24) is 9.88 Å². The molecule has 6 heteroatoms. The van der Waals surface area contributed by atoms with Crippen molar-refractivity contribution in [3.05, 3.63) is 95.3 Å². The molecule has 0 radical (unpaired) electrons. The minimum Gasteiger partial charge on any atom is -0.493 e. The average Bonchev–Trinajstić information content (AvgIpc) is 3.51. The maximum Gasteiger partial charge on any atom is 0.341 e. The molecule has 3 heterocycles. The molecule has 1 amide bonds. The first kappa shape index (κ1) is 20.9. The number of hydrogen-bond acceptors (Lipinski definition) is 5. The molecule has 2 fully saturated rings. The van der Waals surface area contributed by atoms with E-state index in [1.165, 1.54) is 5.56 Å². The molecule has 1 saturated carbocycles. The summed E-state index contributed by atoms with van der Waals surface area (Å²) in [6, 6.07) is 20.1. The Morgan fingerprint density at radius 1 is 1.03 bits per heavy atom. The van der Waals surface area contributed by atoms with E-state index in [0.717, 1.165) is 36.1 Å². The molecule has 1 aromatic heterocycles. The number of nitrogens with zero attached hydrogens (tertiary/aromatic N) is 2. The third kappa shape index (κ3) is 3.45. The van der Waals surface area contributed by atoms with Gasteiger partial charge >= 0.3 is 5.97 Å². The lowest BCUT2D eigenvalue weighted by Gasteiger charge is -2.27. The molecule has 172 valence electrons. The number of esters is 1. The molecule has 1 spiro atoms. The molecule has 1 atom stereocenters. The molecule has 0 bridgehead atoms. The largest absolute Gasteiger partial charge is 0.493 e. The quantitative estimate of drug-likeness (QED) is 0.526. The Labute approximate surface area is 198 Å². The average molecular weight is 455 g/mol. The van der Waals surface area contributed by atoms with Crippen LogP contribution in [0.25, 0.3) is 0 Å². The molecule has 1 aliphatic carbocycles. The smallest absolute Gasteiger partial charge is 0.341 e. The zero-order valence-corrected chi connectivity index (χ0v) is 18.9. The number of amides is 1. The Kier molecular flexibility index (Phi) is 4.90. The third-order valence-electron chi connectivity index (χ3n) is 7.41. The van der Waals surface area contributed by atoms with Crippen molar-refractivity contribution in [1.29, 1.82) is 0 Å². The zero-order valence-electron chi connectivity index (χ0n) is 18.9. The van der Waals surface area contributed by atoms with Gasteiger partial charge in [0.15, 0.2) is 5.60 Å². The normalized spacial score (nSPS) is 21.9. The number of carbonyl (C=O) groups is 2. The van der Waals surface area contributed by atoms with Crippen molar-refractivity contribution in [2.75, 3.05) is 19.7 Å². The highest BCUT2D eigenvalue weighted by atomic mass is 16.6. The van der Waals surface area contributed by atoms with Crippen molar-refractivity contribution in [3.63, 3.8) is 0 Å². The second-order valence-electron chi connectivity index (χ2n) is 9.47. The predicted octanol–water partition coefficient (Wildman–Crippen LogP) is 4.03. The number of benzene rings is 2. The van der Waals surface area contributed by atoms with Gasteiger partial charge in [0, 0.05) is 37.3 Å². The Morgan fingerprint density at radius 2 is 1.82 bits per heavy atom. The lowest BCUT2D eigenvalue weighted by molar-refractivity contribution is -0.134. The van der Waals surface area contributed by atoms with E-state index in [4.69, 9.17) is 9.47 Å². The topological polar surface area (TPSA) is 68.7 Å². The molecule has 3 aromatic rings. The van der Waals surface area contributed by atoms with Crippen LogP contribution >= 0.6 is 0 Å². The summed E-state index contributed by atoms with van der Waals surface area (Å²) in [6.45, 7) is 1.59. The standard InChI is InChI=1S/C28H26N2O4/c31-25-23-18-29-15-10-24(23)28(34-25)14-16-30(19-28)26(32)27(12-13-27)21-6-8-22(9-7-21)33-17-11-20-4-2-1-3-5-20/h1-10,15,18H,11-14,16-17,19H2. The predicted molar refractivity (Wildman–Crippen MR) is 126 cm³/mol. The Morgan fingerprint density at radius 3 is 2.59 bits per heavy atom. The van der Waals surface area contributed by atoms with Crippen molar-refractivity contribution in [2.45, 2.75) is 36.7 Å². The molecule has 2 aromatic carbocycles. The number of aromatic nitrogens is 1. The third-order valence-corrected chi connectivity index (χ3v) is 7.41. The maximum absolute atomic E-state index is 13.6. The van der Waals surface area contributed by atoms with Gasteiger partial charge in [-0.3, -0.25) is 9.78 Å². The van der Waals surface area contributed by atoms with Crippen molar-refractivity contribution in [3.8, 4) is 5.75 Å². The van der Waals surface area contributed by atoms with Gasteiger partial charge in [-0.1, -0.05) is 42.5 Å². The number of likely N-dealkylation sites (tertiary alicyclic amines) is 1. The van der Waals surface area contributed by atoms with Crippen molar-refractivity contribution in [2.24, 2.45) is 0 Å². The second kappa shape index (κ2) is 7.97. The van der Waals surface area contributed by atoms with Crippen LogP contribution in [0.2, 0.25) is 0 Å². The minimum absolute atomic E-state index is 0.126. The summed E-state index contributed by atoms with van der Waals surface area (Å²) in [5.74, 6) is 0.591. The molecule has 3 aliphatic rings. The van der Waals surface area contributed by atoms with E-state index in [9.17, 15) is 9.59 Å². The van der Waals surface area contributed by atoms with Crippen LogP contribution in [0.1, 0.15) is 46.3 Å². The van der Waals surface area contributed by atoms with Crippen LogP contribution in [0.3, 0.4) is 0 Å². The lowest BCUT2D eigenvalue weighted by atomic mass is 9.92. The number of ether oxygens (including phenoxy) is 2. The molecular formula is C28H26N2O4. The summed E-state index contributed by atoms with van der Waals surface area (Å²) in [6.07, 6.45) is 6.38. The first-order valence-corrected chi connectivity index (χ1v) is 11.8. The summed E-state index contributed by atoms with van der Waals surface area (Å²) < 4.78 is 11.7. The summed E-state index contributed by atoms with van der Waals surface area (Å²) in [4.78, 5) is 31.9. The first-order chi connectivity index (χ1) is 16.6. The summed E-state index contributed by atoms with van der Waals surface area (Å²) in [5.41, 5.74) is 2.43. The van der Waals surface area contributed by atoms with E-state index in [0.29, 0.717) is 31.7 Å². The van der Waals surface area contributed by atoms with E-state index in [1.54, 1.807) is 12.4 Å². The van der Waals surface area contributed by atoms with Gasteiger partial charge in [0.05, 0.1) is 24.1 Å². The van der Waals surface area contributed by atoms with Gasteiger partial charge < -0.3 is 14.4 Å². The molecule has 0 N–H and O–H groups in total. The fourth-order valence-electron chi connectivity index (χ4n) is 5.36. The zero-order chi connectivity index (χ0) is 23.2. The van der Waals surface area contributed by atoms with E-state index < -0.39 is 11.0 Å². The minimum atomic E-state index is -0.739. The molecule has 1 unspecified atom stereocenters. The van der Waals surface area contributed by atoms with Crippen molar-refractivity contribution < 1.29 is 19.1 Å². The molecule has 6 nitrogen and oxygen atoms in total. The molecule has 1 saturated heterocycles. The van der Waals surface area contributed by atoms with Gasteiger partial charge in [0.25, 0.3) is 0 Å². The SMILES string of the molecule is O=C1OC2(CCN(C(=O)C3(c4ccc(OCCc5ccccc5)cc4)CC3)C2)c2ccncc21. The van der Waals surface area contributed by atoms with Crippen LogP contribution in [-0.4, -0.2) is 41.5 Å². The van der Waals surface area contributed by atoms with Crippen molar-refractivity contribution >= 4 is 11.9 Å². The highest BCUT2D eigenvalue weighted by Crippen LogP contribution is 2.52. The van der Waals surface area contributed by atoms with Crippen LogP contribution < -0.4 is 4.74 Å². The molecule has 6 rings (SSSR count). The maximum atomic E-state index is 13.6.